The van der Waals surface area contributed by atoms with Crippen molar-refractivity contribution >= 4 is 15.8 Å². The van der Waals surface area contributed by atoms with E-state index in [1.807, 2.05) is 0 Å². The van der Waals surface area contributed by atoms with Crippen LogP contribution in [0.2, 0.25) is 0 Å². The zero-order valence-corrected chi connectivity index (χ0v) is 10.9. The van der Waals surface area contributed by atoms with Gasteiger partial charge in [-0.05, 0) is 24.7 Å². The lowest BCUT2D eigenvalue weighted by Crippen LogP contribution is -2.31. The molecule has 6 nitrogen and oxygen atoms in total. The first kappa shape index (κ1) is 12.4. The molecule has 96 valence electrons. The van der Waals surface area contributed by atoms with Gasteiger partial charge in [0.1, 0.15) is 0 Å². The summed E-state index contributed by atoms with van der Waals surface area (Å²) in [5.74, 6) is 0.0429. The molecule has 17 heavy (non-hydrogen) atoms. The molecule has 1 heterocycles. The zero-order chi connectivity index (χ0) is 12.7. The van der Waals surface area contributed by atoms with Gasteiger partial charge in [-0.25, -0.2) is 18.1 Å². The Morgan fingerprint density at radius 3 is 2.65 bits per heavy atom. The average Bonchev–Trinajstić information content (AvgIpc) is 2.97. The fourth-order valence-corrected chi connectivity index (χ4v) is 3.30. The Labute approximate surface area is 101 Å². The number of aryl methyl sites for hydroxylation is 1. The Hall–Kier alpha value is -1.08. The van der Waals surface area contributed by atoms with Crippen LogP contribution in [0.25, 0.3) is 0 Å². The van der Waals surface area contributed by atoms with Crippen molar-refractivity contribution in [2.45, 2.75) is 31.2 Å². The van der Waals surface area contributed by atoms with Crippen molar-refractivity contribution in [2.24, 2.45) is 12.5 Å². The Balaban J connectivity index is 2.15. The highest BCUT2D eigenvalue weighted by Gasteiger charge is 2.41. The molecule has 1 saturated carbocycles. The third-order valence-corrected chi connectivity index (χ3v) is 5.04. The minimum atomic E-state index is -3.56. The SMILES string of the molecule is CCC1(CNS(=O)(=O)c2c(N)ncn2C)CC1. The largest absolute Gasteiger partial charge is 0.381 e. The van der Waals surface area contributed by atoms with Crippen LogP contribution in [-0.2, 0) is 17.1 Å². The maximum atomic E-state index is 12.1. The van der Waals surface area contributed by atoms with Gasteiger partial charge in [-0.3, -0.25) is 0 Å². The molecule has 1 aliphatic carbocycles. The summed E-state index contributed by atoms with van der Waals surface area (Å²) in [5.41, 5.74) is 5.73. The van der Waals surface area contributed by atoms with Crippen molar-refractivity contribution in [2.75, 3.05) is 12.3 Å². The predicted octanol–water partition coefficient (Wildman–Crippen LogP) is 0.471. The van der Waals surface area contributed by atoms with Gasteiger partial charge < -0.3 is 10.3 Å². The van der Waals surface area contributed by atoms with E-state index in [-0.39, 0.29) is 16.3 Å². The van der Waals surface area contributed by atoms with Crippen LogP contribution >= 0.6 is 0 Å². The highest BCUT2D eigenvalue weighted by Crippen LogP contribution is 2.48. The van der Waals surface area contributed by atoms with E-state index in [1.54, 1.807) is 7.05 Å². The van der Waals surface area contributed by atoms with Gasteiger partial charge in [-0.1, -0.05) is 6.92 Å². The summed E-state index contributed by atoms with van der Waals surface area (Å²) >= 11 is 0. The van der Waals surface area contributed by atoms with Crippen LogP contribution in [0.1, 0.15) is 26.2 Å². The molecular weight excluding hydrogens is 240 g/mol. The topological polar surface area (TPSA) is 90.0 Å². The first-order valence-electron chi connectivity index (χ1n) is 5.67. The van der Waals surface area contributed by atoms with Crippen LogP contribution in [0.15, 0.2) is 11.4 Å². The fourth-order valence-electron chi connectivity index (χ4n) is 1.91. The molecule has 0 saturated heterocycles. The van der Waals surface area contributed by atoms with Gasteiger partial charge >= 0.3 is 0 Å². The third-order valence-electron chi connectivity index (χ3n) is 3.51. The highest BCUT2D eigenvalue weighted by molar-refractivity contribution is 7.89. The van der Waals surface area contributed by atoms with Crippen LogP contribution < -0.4 is 10.5 Å². The lowest BCUT2D eigenvalue weighted by molar-refractivity contribution is 0.474. The number of rotatable bonds is 5. The second-order valence-electron chi connectivity index (χ2n) is 4.72. The van der Waals surface area contributed by atoms with E-state index in [0.717, 1.165) is 19.3 Å². The zero-order valence-electron chi connectivity index (χ0n) is 10.1. The minimum Gasteiger partial charge on any atom is -0.381 e. The molecule has 0 radical (unpaired) electrons. The number of hydrogen-bond donors (Lipinski definition) is 2. The summed E-state index contributed by atoms with van der Waals surface area (Å²) < 4.78 is 28.2. The quantitative estimate of drug-likeness (QED) is 0.803. The molecule has 7 heteroatoms. The predicted molar refractivity (Wildman–Crippen MR) is 64.8 cm³/mol. The maximum absolute atomic E-state index is 12.1. The van der Waals surface area contributed by atoms with Gasteiger partial charge in [0.2, 0.25) is 0 Å². The number of anilines is 1. The van der Waals surface area contributed by atoms with Crippen LogP contribution in [0.4, 0.5) is 5.82 Å². The third kappa shape index (κ3) is 2.30. The second kappa shape index (κ2) is 3.99. The minimum absolute atomic E-state index is 0.0429. The van der Waals surface area contributed by atoms with Gasteiger partial charge in [0.15, 0.2) is 10.8 Å². The Bertz CT molecular complexity index is 497. The molecule has 0 amide bonds. The van der Waals surface area contributed by atoms with E-state index in [9.17, 15) is 8.42 Å². The van der Waals surface area contributed by atoms with Crippen molar-refractivity contribution in [3.05, 3.63) is 6.33 Å². The summed E-state index contributed by atoms with van der Waals surface area (Å²) in [6.45, 7) is 2.57. The molecule has 0 aromatic carbocycles. The van der Waals surface area contributed by atoms with E-state index >= 15 is 0 Å². The smallest absolute Gasteiger partial charge is 0.260 e. The molecule has 1 fully saturated rings. The lowest BCUT2D eigenvalue weighted by atomic mass is 10.1. The summed E-state index contributed by atoms with van der Waals surface area (Å²) in [7, 11) is -1.94. The van der Waals surface area contributed by atoms with Crippen molar-refractivity contribution in [3.63, 3.8) is 0 Å². The van der Waals surface area contributed by atoms with Gasteiger partial charge in [-0.15, -0.1) is 0 Å². The number of sulfonamides is 1. The van der Waals surface area contributed by atoms with Gasteiger partial charge in [0.05, 0.1) is 6.33 Å². The fraction of sp³-hybridized carbons (Fsp3) is 0.700. The summed E-state index contributed by atoms with van der Waals surface area (Å²) in [4.78, 5) is 3.78. The summed E-state index contributed by atoms with van der Waals surface area (Å²) in [6, 6.07) is 0. The standard InChI is InChI=1S/C10H18N4O2S/c1-3-10(4-5-10)6-13-17(15,16)9-8(11)12-7-14(9)2/h7,13H,3-6,11H2,1-2H3. The van der Waals surface area contributed by atoms with Crippen molar-refractivity contribution in [1.82, 2.24) is 14.3 Å². The molecular formula is C10H18N4O2S. The normalized spacial score (nSPS) is 18.2. The number of nitrogens with two attached hydrogens (primary N) is 1. The van der Waals surface area contributed by atoms with Crippen LogP contribution in [-0.4, -0.2) is 24.5 Å². The molecule has 0 bridgehead atoms. The van der Waals surface area contributed by atoms with Gasteiger partial charge in [0, 0.05) is 13.6 Å². The highest BCUT2D eigenvalue weighted by atomic mass is 32.2. The molecule has 3 N–H and O–H groups in total. The number of hydrogen-bond acceptors (Lipinski definition) is 4. The van der Waals surface area contributed by atoms with E-state index in [2.05, 4.69) is 16.6 Å². The van der Waals surface area contributed by atoms with Gasteiger partial charge in [-0.2, -0.15) is 0 Å². The van der Waals surface area contributed by atoms with Crippen molar-refractivity contribution in [3.8, 4) is 0 Å². The van der Waals surface area contributed by atoms with E-state index < -0.39 is 10.0 Å². The second-order valence-corrected chi connectivity index (χ2v) is 6.41. The summed E-state index contributed by atoms with van der Waals surface area (Å²) in [6.07, 6.45) is 4.58. The first-order valence-corrected chi connectivity index (χ1v) is 7.15. The van der Waals surface area contributed by atoms with E-state index in [0.29, 0.717) is 6.54 Å². The van der Waals surface area contributed by atoms with Crippen molar-refractivity contribution in [1.29, 1.82) is 0 Å². The molecule has 0 spiro atoms. The van der Waals surface area contributed by atoms with Crippen molar-refractivity contribution < 1.29 is 8.42 Å². The van der Waals surface area contributed by atoms with E-state index in [4.69, 9.17) is 5.73 Å². The van der Waals surface area contributed by atoms with Crippen LogP contribution in [0, 0.1) is 5.41 Å². The molecule has 1 aromatic rings. The molecule has 2 rings (SSSR count). The Morgan fingerprint density at radius 2 is 2.24 bits per heavy atom. The molecule has 1 aliphatic rings. The van der Waals surface area contributed by atoms with Crippen LogP contribution in [0.3, 0.4) is 0 Å². The number of nitrogen functional groups attached to an aromatic ring is 1. The molecule has 0 unspecified atom stereocenters. The lowest BCUT2D eigenvalue weighted by Gasteiger charge is -2.14. The monoisotopic (exact) mass is 258 g/mol. The Kier molecular flexibility index (Phi) is 2.90. The average molecular weight is 258 g/mol. The summed E-state index contributed by atoms with van der Waals surface area (Å²) in [5, 5.41) is 0.0457. The number of nitrogens with one attached hydrogen (secondary N) is 1. The number of nitrogens with zero attached hydrogens (tertiary/aromatic N) is 2. The van der Waals surface area contributed by atoms with Crippen LogP contribution in [0.5, 0.6) is 0 Å². The van der Waals surface area contributed by atoms with Gasteiger partial charge in [0.25, 0.3) is 10.0 Å². The molecule has 0 atom stereocenters. The Morgan fingerprint density at radius 1 is 1.59 bits per heavy atom. The number of aromatic nitrogens is 2. The first-order chi connectivity index (χ1) is 7.90. The maximum Gasteiger partial charge on any atom is 0.260 e. The molecule has 1 aromatic heterocycles. The van der Waals surface area contributed by atoms with E-state index in [1.165, 1.54) is 10.9 Å². The number of imidazole rings is 1. The molecule has 0 aliphatic heterocycles.